The number of carbonyl (C=O) groups excluding carboxylic acids is 1. The molecule has 1 heterocycles. The molecule has 0 fully saturated rings. The summed E-state index contributed by atoms with van der Waals surface area (Å²) in [6, 6.07) is 4.91. The Kier molecular flexibility index (Phi) is 4.65. The third-order valence-electron chi connectivity index (χ3n) is 2.81. The molecule has 1 N–H and O–H groups in total. The van der Waals surface area contributed by atoms with E-state index in [9.17, 15) is 14.9 Å². The Morgan fingerprint density at radius 1 is 1.39 bits per heavy atom. The van der Waals surface area contributed by atoms with E-state index in [4.69, 9.17) is 4.74 Å². The highest BCUT2D eigenvalue weighted by Gasteiger charge is 2.18. The highest BCUT2D eigenvalue weighted by molar-refractivity contribution is 7.14. The van der Waals surface area contributed by atoms with Crippen molar-refractivity contribution in [3.05, 3.63) is 39.3 Å². The summed E-state index contributed by atoms with van der Waals surface area (Å²) in [5, 5.41) is 15.6. The average molecular weight is 335 g/mol. The Hall–Kier alpha value is -2.48. The highest BCUT2D eigenvalue weighted by atomic mass is 32.1. The molecule has 1 aromatic carbocycles. The van der Waals surface area contributed by atoms with Crippen molar-refractivity contribution in [1.82, 2.24) is 4.98 Å². The molecule has 2 aromatic rings. The fourth-order valence-electron chi connectivity index (χ4n) is 1.82. The number of nitrogens with zero attached hydrogens (tertiary/aromatic N) is 2. The van der Waals surface area contributed by atoms with E-state index in [0.29, 0.717) is 22.0 Å². The second-order valence-electron chi connectivity index (χ2n) is 5.92. The van der Waals surface area contributed by atoms with E-state index in [1.54, 1.807) is 45.2 Å². The van der Waals surface area contributed by atoms with Crippen LogP contribution < -0.4 is 5.32 Å². The van der Waals surface area contributed by atoms with E-state index in [0.717, 1.165) is 0 Å². The van der Waals surface area contributed by atoms with Crippen LogP contribution in [0.3, 0.4) is 0 Å². The number of nitro benzene ring substituents is 1. The highest BCUT2D eigenvalue weighted by Crippen LogP contribution is 2.29. The van der Waals surface area contributed by atoms with Crippen LogP contribution in [0.25, 0.3) is 11.3 Å². The molecule has 0 spiro atoms. The van der Waals surface area contributed by atoms with E-state index in [1.165, 1.54) is 17.4 Å². The minimum absolute atomic E-state index is 0.0390. The Labute approximate surface area is 137 Å². The maximum absolute atomic E-state index is 11.7. The van der Waals surface area contributed by atoms with Crippen molar-refractivity contribution in [3.8, 4) is 11.3 Å². The largest absolute Gasteiger partial charge is 0.444 e. The van der Waals surface area contributed by atoms with E-state index >= 15 is 0 Å². The van der Waals surface area contributed by atoms with Crippen LogP contribution in [0.2, 0.25) is 0 Å². The van der Waals surface area contributed by atoms with E-state index in [-0.39, 0.29) is 5.69 Å². The van der Waals surface area contributed by atoms with Gasteiger partial charge in [0.05, 0.1) is 10.6 Å². The van der Waals surface area contributed by atoms with Gasteiger partial charge in [-0.05, 0) is 27.7 Å². The number of anilines is 1. The molecular formula is C15H17N3O4S. The average Bonchev–Trinajstić information content (AvgIpc) is 2.84. The lowest BCUT2D eigenvalue weighted by atomic mass is 10.1. The number of nitro groups is 1. The monoisotopic (exact) mass is 335 g/mol. The topological polar surface area (TPSA) is 94.4 Å². The fourth-order valence-corrected chi connectivity index (χ4v) is 2.53. The summed E-state index contributed by atoms with van der Waals surface area (Å²) in [4.78, 5) is 26.5. The zero-order valence-electron chi connectivity index (χ0n) is 13.2. The van der Waals surface area contributed by atoms with Crippen LogP contribution in [0, 0.1) is 17.0 Å². The van der Waals surface area contributed by atoms with Gasteiger partial charge in [0.2, 0.25) is 0 Å². The second-order valence-corrected chi connectivity index (χ2v) is 6.78. The van der Waals surface area contributed by atoms with E-state index in [2.05, 4.69) is 10.3 Å². The zero-order chi connectivity index (χ0) is 17.2. The van der Waals surface area contributed by atoms with Crippen LogP contribution in [-0.4, -0.2) is 21.6 Å². The minimum Gasteiger partial charge on any atom is -0.444 e. The number of benzene rings is 1. The van der Waals surface area contributed by atoms with Gasteiger partial charge in [0, 0.05) is 22.6 Å². The van der Waals surface area contributed by atoms with Gasteiger partial charge in [-0.3, -0.25) is 15.4 Å². The molecule has 122 valence electrons. The molecule has 0 saturated heterocycles. The molecule has 7 nitrogen and oxygen atoms in total. The normalized spacial score (nSPS) is 11.1. The molecule has 0 aliphatic carbocycles. The van der Waals surface area contributed by atoms with Gasteiger partial charge in [0.25, 0.3) is 5.69 Å². The maximum Gasteiger partial charge on any atom is 0.413 e. The Morgan fingerprint density at radius 2 is 2.09 bits per heavy atom. The van der Waals surface area contributed by atoms with Crippen LogP contribution in [-0.2, 0) is 4.74 Å². The molecule has 23 heavy (non-hydrogen) atoms. The predicted octanol–water partition coefficient (Wildman–Crippen LogP) is 4.37. The molecule has 2 rings (SSSR count). The molecule has 0 unspecified atom stereocenters. The van der Waals surface area contributed by atoms with Crippen molar-refractivity contribution in [2.24, 2.45) is 0 Å². The smallest absolute Gasteiger partial charge is 0.413 e. The summed E-state index contributed by atoms with van der Waals surface area (Å²) < 4.78 is 5.15. The number of hydrogen-bond donors (Lipinski definition) is 1. The Balaban J connectivity index is 2.18. The third-order valence-corrected chi connectivity index (χ3v) is 3.57. The summed E-state index contributed by atoms with van der Waals surface area (Å²) in [7, 11) is 0. The van der Waals surface area contributed by atoms with Crippen LogP contribution >= 0.6 is 11.3 Å². The number of nitrogens with one attached hydrogen (secondary N) is 1. The first-order valence-electron chi connectivity index (χ1n) is 6.86. The van der Waals surface area contributed by atoms with Crippen molar-refractivity contribution >= 4 is 28.2 Å². The lowest BCUT2D eigenvalue weighted by molar-refractivity contribution is -0.385. The van der Waals surface area contributed by atoms with Crippen molar-refractivity contribution in [2.45, 2.75) is 33.3 Å². The lowest BCUT2D eigenvalue weighted by Gasteiger charge is -2.18. The molecule has 0 saturated carbocycles. The van der Waals surface area contributed by atoms with Gasteiger partial charge in [-0.2, -0.15) is 0 Å². The van der Waals surface area contributed by atoms with Crippen LogP contribution in [0.4, 0.5) is 15.6 Å². The van der Waals surface area contributed by atoms with E-state index in [1.807, 2.05) is 0 Å². The first kappa shape index (κ1) is 16.9. The summed E-state index contributed by atoms with van der Waals surface area (Å²) in [6.45, 7) is 6.99. The van der Waals surface area contributed by atoms with Gasteiger partial charge in [-0.25, -0.2) is 9.78 Å². The fraction of sp³-hybridized carbons (Fsp3) is 0.333. The first-order valence-corrected chi connectivity index (χ1v) is 7.74. The van der Waals surface area contributed by atoms with Crippen molar-refractivity contribution in [1.29, 1.82) is 0 Å². The number of amides is 1. The summed E-state index contributed by atoms with van der Waals surface area (Å²) in [5.41, 5.74) is 1.21. The number of ether oxygens (including phenoxy) is 1. The number of hydrogen-bond acceptors (Lipinski definition) is 6. The number of aryl methyl sites for hydroxylation is 1. The molecule has 1 amide bonds. The first-order chi connectivity index (χ1) is 10.7. The Morgan fingerprint density at radius 3 is 2.70 bits per heavy atom. The van der Waals surface area contributed by atoms with Gasteiger partial charge in [-0.1, -0.05) is 12.1 Å². The number of aromatic nitrogens is 1. The standard InChI is InChI=1S/C15H17N3O4S/c1-9-5-6-10(7-12(9)18(20)21)11-8-23-13(16-11)17-14(19)22-15(2,3)4/h5-8H,1-4H3,(H,16,17,19). The number of thiazole rings is 1. The van der Waals surface area contributed by atoms with Crippen LogP contribution in [0.5, 0.6) is 0 Å². The summed E-state index contributed by atoms with van der Waals surface area (Å²) in [6.07, 6.45) is -0.590. The quantitative estimate of drug-likeness (QED) is 0.663. The predicted molar refractivity (Wildman–Crippen MR) is 88.8 cm³/mol. The minimum atomic E-state index is -0.595. The van der Waals surface area contributed by atoms with Gasteiger partial charge in [0.1, 0.15) is 5.60 Å². The zero-order valence-corrected chi connectivity index (χ0v) is 14.1. The summed E-state index contributed by atoms with van der Waals surface area (Å²) in [5.74, 6) is 0. The molecule has 0 atom stereocenters. The van der Waals surface area contributed by atoms with Crippen LogP contribution in [0.1, 0.15) is 26.3 Å². The van der Waals surface area contributed by atoms with Crippen molar-refractivity contribution < 1.29 is 14.5 Å². The molecule has 0 aliphatic rings. The lowest BCUT2D eigenvalue weighted by Crippen LogP contribution is -2.27. The SMILES string of the molecule is Cc1ccc(-c2csc(NC(=O)OC(C)(C)C)n2)cc1[N+](=O)[O-]. The van der Waals surface area contributed by atoms with Gasteiger partial charge < -0.3 is 4.74 Å². The molecule has 0 bridgehead atoms. The maximum atomic E-state index is 11.7. The van der Waals surface area contributed by atoms with Crippen molar-refractivity contribution in [2.75, 3.05) is 5.32 Å². The van der Waals surface area contributed by atoms with Gasteiger partial charge in [0.15, 0.2) is 5.13 Å². The second kappa shape index (κ2) is 6.33. The number of carbonyl (C=O) groups is 1. The molecule has 8 heteroatoms. The van der Waals surface area contributed by atoms with E-state index < -0.39 is 16.6 Å². The summed E-state index contributed by atoms with van der Waals surface area (Å²) >= 11 is 1.22. The van der Waals surface area contributed by atoms with Gasteiger partial charge >= 0.3 is 6.09 Å². The van der Waals surface area contributed by atoms with Crippen LogP contribution in [0.15, 0.2) is 23.6 Å². The third kappa shape index (κ3) is 4.49. The number of rotatable bonds is 3. The molecule has 0 aliphatic heterocycles. The van der Waals surface area contributed by atoms with Crippen molar-refractivity contribution in [3.63, 3.8) is 0 Å². The molecule has 0 radical (unpaired) electrons. The Bertz CT molecular complexity index is 749. The molecule has 1 aromatic heterocycles. The molecular weight excluding hydrogens is 318 g/mol. The van der Waals surface area contributed by atoms with Gasteiger partial charge in [-0.15, -0.1) is 11.3 Å².